The van der Waals surface area contributed by atoms with Gasteiger partial charge in [-0.1, -0.05) is 83.1 Å². The van der Waals surface area contributed by atoms with E-state index in [1.54, 1.807) is 9.80 Å². The first-order chi connectivity index (χ1) is 18.6. The number of nitrogens with one attached hydrogen (secondary N) is 2. The molecule has 0 saturated carbocycles. The Morgan fingerprint density at radius 2 is 0.947 bits per heavy atom. The Hall–Kier alpha value is -1.92. The Morgan fingerprint density at radius 1 is 0.526 bits per heavy atom. The first kappa shape index (κ1) is 25.1. The van der Waals surface area contributed by atoms with E-state index in [1.807, 2.05) is 35.7 Å². The summed E-state index contributed by atoms with van der Waals surface area (Å²) in [6.07, 6.45) is 2.13. The third-order valence-electron chi connectivity index (χ3n) is 8.45. The Morgan fingerprint density at radius 3 is 1.39 bits per heavy atom. The molecule has 0 aromatic heterocycles. The summed E-state index contributed by atoms with van der Waals surface area (Å²) in [5.41, 5.74) is 5.74. The molecule has 2 nitrogen and oxygen atoms in total. The molecular formula is C32H30Cl2N2S2+2. The highest BCUT2D eigenvalue weighted by molar-refractivity contribution is 7.99. The maximum atomic E-state index is 6.55. The molecule has 0 aliphatic carbocycles. The highest BCUT2D eigenvalue weighted by Crippen LogP contribution is 2.42. The van der Waals surface area contributed by atoms with E-state index in [0.29, 0.717) is 12.1 Å². The molecule has 3 aliphatic rings. The maximum absolute atomic E-state index is 6.55. The largest absolute Gasteiger partial charge is 0.319 e. The van der Waals surface area contributed by atoms with E-state index < -0.39 is 0 Å². The van der Waals surface area contributed by atoms with E-state index in [-0.39, 0.29) is 0 Å². The van der Waals surface area contributed by atoms with Gasteiger partial charge >= 0.3 is 0 Å². The van der Waals surface area contributed by atoms with Crippen LogP contribution in [-0.4, -0.2) is 26.2 Å². The lowest BCUT2D eigenvalue weighted by Gasteiger charge is -2.38. The van der Waals surface area contributed by atoms with Crippen LogP contribution in [0.25, 0.3) is 0 Å². The van der Waals surface area contributed by atoms with Gasteiger partial charge in [-0.15, -0.1) is 0 Å². The topological polar surface area (TPSA) is 8.88 Å². The fourth-order valence-electron chi connectivity index (χ4n) is 6.53. The molecule has 1 fully saturated rings. The van der Waals surface area contributed by atoms with Gasteiger partial charge in [-0.3, -0.25) is 0 Å². The summed E-state index contributed by atoms with van der Waals surface area (Å²) < 4.78 is 0. The van der Waals surface area contributed by atoms with Crippen LogP contribution in [0.4, 0.5) is 0 Å². The van der Waals surface area contributed by atoms with E-state index in [2.05, 4.69) is 72.8 Å². The molecule has 0 unspecified atom stereocenters. The van der Waals surface area contributed by atoms with Crippen LogP contribution in [0, 0.1) is 0 Å². The molecule has 38 heavy (non-hydrogen) atoms. The van der Waals surface area contributed by atoms with Crippen molar-refractivity contribution in [3.63, 3.8) is 0 Å². The molecule has 3 heterocycles. The standard InChI is InChI=1S/C32H28Cl2N2S2/c33-23-9-11-31-25(19-23)27(17-21-5-1-3-7-29(21)37-31)35-13-15-36(16-14-35)28-18-22-6-2-4-8-30(22)38-32-12-10-24(34)20-26(28)32/h1-12,19-20,27-28H,13-18H2/p+2/t27-,28-/m1/s1. The van der Waals surface area contributed by atoms with Gasteiger partial charge in [0.2, 0.25) is 0 Å². The number of hydrogen-bond acceptors (Lipinski definition) is 2. The lowest BCUT2D eigenvalue weighted by atomic mass is 9.95. The number of rotatable bonds is 2. The monoisotopic (exact) mass is 576 g/mol. The van der Waals surface area contributed by atoms with Gasteiger partial charge in [-0.05, 0) is 59.7 Å². The number of piperazine rings is 1. The molecule has 2 atom stereocenters. The van der Waals surface area contributed by atoms with Crippen LogP contribution in [0.3, 0.4) is 0 Å². The van der Waals surface area contributed by atoms with Gasteiger partial charge in [0.05, 0.1) is 0 Å². The molecule has 0 amide bonds. The molecule has 192 valence electrons. The van der Waals surface area contributed by atoms with E-state index in [4.69, 9.17) is 23.2 Å². The van der Waals surface area contributed by atoms with Crippen molar-refractivity contribution in [1.82, 2.24) is 0 Å². The molecule has 2 N–H and O–H groups in total. The fourth-order valence-corrected chi connectivity index (χ4v) is 9.13. The first-order valence-corrected chi connectivity index (χ1v) is 15.8. The summed E-state index contributed by atoms with van der Waals surface area (Å²) in [5.74, 6) is 0. The van der Waals surface area contributed by atoms with E-state index >= 15 is 0 Å². The zero-order chi connectivity index (χ0) is 25.6. The number of quaternary nitrogens is 2. The second-order valence-electron chi connectivity index (χ2n) is 10.6. The van der Waals surface area contributed by atoms with Crippen LogP contribution in [0.5, 0.6) is 0 Å². The zero-order valence-electron chi connectivity index (χ0n) is 21.1. The minimum absolute atomic E-state index is 0.425. The van der Waals surface area contributed by atoms with Gasteiger partial charge in [0.1, 0.15) is 38.3 Å². The predicted molar refractivity (Wildman–Crippen MR) is 158 cm³/mol. The predicted octanol–water partition coefficient (Wildman–Crippen LogP) is 5.97. The molecule has 1 saturated heterocycles. The number of hydrogen-bond donors (Lipinski definition) is 2. The summed E-state index contributed by atoms with van der Waals surface area (Å²) in [7, 11) is 0. The Labute approximate surface area is 243 Å². The minimum atomic E-state index is 0.425. The number of halogens is 2. The summed E-state index contributed by atoms with van der Waals surface area (Å²) >= 11 is 16.9. The molecular weight excluding hydrogens is 547 g/mol. The van der Waals surface area contributed by atoms with Gasteiger partial charge in [0.15, 0.2) is 0 Å². The summed E-state index contributed by atoms with van der Waals surface area (Å²) in [6, 6.07) is 31.7. The SMILES string of the molecule is Clc1ccc2c(c1)[C@H]([NH+]1CC[NH+]([C@@H]3Cc4ccccc4Sc4ccc(Cl)cc43)CC1)Cc1ccccc1S2. The quantitative estimate of drug-likeness (QED) is 0.304. The average Bonchev–Trinajstić information content (AvgIpc) is 3.21. The van der Waals surface area contributed by atoms with Gasteiger partial charge in [-0.25, -0.2) is 0 Å². The van der Waals surface area contributed by atoms with Crippen molar-refractivity contribution in [2.75, 3.05) is 26.2 Å². The van der Waals surface area contributed by atoms with Crippen molar-refractivity contribution in [2.45, 2.75) is 44.5 Å². The van der Waals surface area contributed by atoms with Crippen LogP contribution in [-0.2, 0) is 12.8 Å². The lowest BCUT2D eigenvalue weighted by molar-refractivity contribution is -1.04. The summed E-state index contributed by atoms with van der Waals surface area (Å²) in [6.45, 7) is 4.61. The van der Waals surface area contributed by atoms with Crippen molar-refractivity contribution in [3.8, 4) is 0 Å². The molecule has 6 heteroatoms. The summed E-state index contributed by atoms with van der Waals surface area (Å²) in [5, 5.41) is 1.68. The fraction of sp³-hybridized carbons (Fsp3) is 0.250. The Bertz CT molecular complexity index is 1390. The molecule has 0 spiro atoms. The highest BCUT2D eigenvalue weighted by Gasteiger charge is 2.38. The van der Waals surface area contributed by atoms with Crippen LogP contribution in [0.2, 0.25) is 10.0 Å². The van der Waals surface area contributed by atoms with Crippen LogP contribution < -0.4 is 9.80 Å². The van der Waals surface area contributed by atoms with Gasteiger partial charge in [0, 0.05) is 53.6 Å². The molecule has 4 aromatic rings. The third-order valence-corrected chi connectivity index (χ3v) is 11.3. The van der Waals surface area contributed by atoms with Crippen LogP contribution in [0.1, 0.15) is 34.3 Å². The highest BCUT2D eigenvalue weighted by atomic mass is 35.5. The lowest BCUT2D eigenvalue weighted by Crippen LogP contribution is -3.28. The first-order valence-electron chi connectivity index (χ1n) is 13.4. The van der Waals surface area contributed by atoms with E-state index in [1.165, 1.54) is 41.8 Å². The maximum Gasteiger partial charge on any atom is 0.128 e. The van der Waals surface area contributed by atoms with Crippen LogP contribution in [0.15, 0.2) is 105 Å². The average molecular weight is 578 g/mol. The second kappa shape index (κ2) is 10.6. The zero-order valence-corrected chi connectivity index (χ0v) is 24.2. The van der Waals surface area contributed by atoms with Crippen molar-refractivity contribution < 1.29 is 9.80 Å². The normalized spacial score (nSPS) is 24.3. The second-order valence-corrected chi connectivity index (χ2v) is 13.7. The molecule has 0 radical (unpaired) electrons. The van der Waals surface area contributed by atoms with Crippen molar-refractivity contribution in [1.29, 1.82) is 0 Å². The smallest absolute Gasteiger partial charge is 0.128 e. The third kappa shape index (κ3) is 4.81. The van der Waals surface area contributed by atoms with Gasteiger partial charge in [-0.2, -0.15) is 0 Å². The Balaban J connectivity index is 1.18. The molecule has 7 rings (SSSR count). The number of benzene rings is 4. The van der Waals surface area contributed by atoms with Gasteiger partial charge in [0.25, 0.3) is 0 Å². The minimum Gasteiger partial charge on any atom is -0.319 e. The van der Waals surface area contributed by atoms with E-state index in [9.17, 15) is 0 Å². The van der Waals surface area contributed by atoms with Crippen molar-refractivity contribution in [3.05, 3.63) is 117 Å². The Kier molecular flexibility index (Phi) is 6.98. The van der Waals surface area contributed by atoms with Crippen molar-refractivity contribution in [2.24, 2.45) is 0 Å². The van der Waals surface area contributed by atoms with Crippen molar-refractivity contribution >= 4 is 46.7 Å². The van der Waals surface area contributed by atoms with Gasteiger partial charge < -0.3 is 9.80 Å². The number of fused-ring (bicyclic) bond motifs is 4. The van der Waals surface area contributed by atoms with Crippen LogP contribution >= 0.6 is 46.7 Å². The van der Waals surface area contributed by atoms with E-state index in [0.717, 1.165) is 49.1 Å². The summed E-state index contributed by atoms with van der Waals surface area (Å²) in [4.78, 5) is 8.84. The molecule has 4 aromatic carbocycles. The molecule has 3 aliphatic heterocycles. The molecule has 0 bridgehead atoms.